The Morgan fingerprint density at radius 3 is 2.35 bits per heavy atom. The Morgan fingerprint density at radius 2 is 1.70 bits per heavy atom. The molecule has 3 nitrogen and oxygen atoms in total. The van der Waals surface area contributed by atoms with Gasteiger partial charge in [-0.15, -0.1) is 0 Å². The smallest absolute Gasteiger partial charge is 0.257 e. The highest BCUT2D eigenvalue weighted by Crippen LogP contribution is 2.19. The molecule has 0 radical (unpaired) electrons. The molecule has 104 valence electrons. The van der Waals surface area contributed by atoms with Crippen LogP contribution in [0.2, 0.25) is 5.02 Å². The van der Waals surface area contributed by atoms with Crippen molar-refractivity contribution in [3.63, 3.8) is 0 Å². The number of hydrogen-bond acceptors (Lipinski definition) is 2. The highest BCUT2D eigenvalue weighted by Gasteiger charge is 2.11. The van der Waals surface area contributed by atoms with Crippen molar-refractivity contribution in [1.82, 2.24) is 0 Å². The third-order valence-electron chi connectivity index (χ3n) is 2.72. The van der Waals surface area contributed by atoms with Crippen molar-refractivity contribution in [3.05, 3.63) is 59.1 Å². The summed E-state index contributed by atoms with van der Waals surface area (Å²) < 4.78 is 0. The van der Waals surface area contributed by atoms with Crippen molar-refractivity contribution in [3.8, 4) is 0 Å². The lowest BCUT2D eigenvalue weighted by Gasteiger charge is -2.14. The van der Waals surface area contributed by atoms with Crippen LogP contribution >= 0.6 is 11.6 Å². The first-order chi connectivity index (χ1) is 9.56. The molecule has 0 fully saturated rings. The number of para-hydroxylation sites is 1. The molecule has 0 saturated heterocycles. The Hall–Kier alpha value is -2.00. The predicted molar refractivity (Wildman–Crippen MR) is 84.6 cm³/mol. The lowest BCUT2D eigenvalue weighted by molar-refractivity contribution is 0.102. The van der Waals surface area contributed by atoms with Gasteiger partial charge in [-0.05, 0) is 50.2 Å². The maximum atomic E-state index is 12.3. The van der Waals surface area contributed by atoms with Gasteiger partial charge in [0.25, 0.3) is 5.91 Å². The summed E-state index contributed by atoms with van der Waals surface area (Å²) in [5, 5.41) is 6.77. The molecule has 2 aromatic carbocycles. The number of benzene rings is 2. The van der Waals surface area contributed by atoms with Gasteiger partial charge in [-0.25, -0.2) is 0 Å². The van der Waals surface area contributed by atoms with E-state index >= 15 is 0 Å². The van der Waals surface area contributed by atoms with E-state index in [0.717, 1.165) is 11.4 Å². The second kappa shape index (κ2) is 6.44. The minimum atomic E-state index is -0.143. The zero-order valence-corrected chi connectivity index (χ0v) is 12.2. The molecule has 1 amide bonds. The standard InChI is InChI=1S/C16H17ClN2O/c1-11(2)18-15-6-4-3-5-14(15)16(20)19-13-9-7-12(17)8-10-13/h3-11,18H,1-2H3,(H,19,20). The van der Waals surface area contributed by atoms with E-state index in [1.54, 1.807) is 30.3 Å². The molecule has 0 saturated carbocycles. The Morgan fingerprint density at radius 1 is 1.05 bits per heavy atom. The van der Waals surface area contributed by atoms with Crippen LogP contribution in [-0.4, -0.2) is 11.9 Å². The molecule has 0 bridgehead atoms. The summed E-state index contributed by atoms with van der Waals surface area (Å²) >= 11 is 5.83. The molecule has 0 spiro atoms. The summed E-state index contributed by atoms with van der Waals surface area (Å²) in [6, 6.07) is 14.8. The second-order valence-corrected chi connectivity index (χ2v) is 5.24. The number of hydrogen-bond donors (Lipinski definition) is 2. The van der Waals surface area contributed by atoms with Crippen molar-refractivity contribution in [2.24, 2.45) is 0 Å². The zero-order chi connectivity index (χ0) is 14.5. The fourth-order valence-electron chi connectivity index (χ4n) is 1.85. The number of anilines is 2. The Labute approximate surface area is 124 Å². The van der Waals surface area contributed by atoms with E-state index in [4.69, 9.17) is 11.6 Å². The largest absolute Gasteiger partial charge is 0.382 e. The van der Waals surface area contributed by atoms with Crippen molar-refractivity contribution in [2.45, 2.75) is 19.9 Å². The van der Waals surface area contributed by atoms with Crippen LogP contribution in [0.4, 0.5) is 11.4 Å². The Bertz CT molecular complexity index is 594. The number of carbonyl (C=O) groups excluding carboxylic acids is 1. The van der Waals surface area contributed by atoms with Crippen LogP contribution in [0.15, 0.2) is 48.5 Å². The van der Waals surface area contributed by atoms with Gasteiger partial charge in [-0.2, -0.15) is 0 Å². The van der Waals surface area contributed by atoms with Crippen LogP contribution in [0.25, 0.3) is 0 Å². The van der Waals surface area contributed by atoms with Gasteiger partial charge in [0, 0.05) is 22.4 Å². The van der Waals surface area contributed by atoms with Gasteiger partial charge >= 0.3 is 0 Å². The van der Waals surface area contributed by atoms with Gasteiger partial charge in [0.2, 0.25) is 0 Å². The second-order valence-electron chi connectivity index (χ2n) is 4.81. The van der Waals surface area contributed by atoms with Gasteiger partial charge in [-0.3, -0.25) is 4.79 Å². The first kappa shape index (κ1) is 14.4. The lowest BCUT2D eigenvalue weighted by Crippen LogP contribution is -2.17. The van der Waals surface area contributed by atoms with E-state index in [-0.39, 0.29) is 11.9 Å². The quantitative estimate of drug-likeness (QED) is 0.875. The average molecular weight is 289 g/mol. The van der Waals surface area contributed by atoms with Gasteiger partial charge in [-0.1, -0.05) is 23.7 Å². The topological polar surface area (TPSA) is 41.1 Å². The Kier molecular flexibility index (Phi) is 4.64. The van der Waals surface area contributed by atoms with Crippen LogP contribution in [0.3, 0.4) is 0 Å². The molecule has 0 aromatic heterocycles. The van der Waals surface area contributed by atoms with E-state index in [1.165, 1.54) is 0 Å². The highest BCUT2D eigenvalue weighted by atomic mass is 35.5. The van der Waals surface area contributed by atoms with Gasteiger partial charge in [0.15, 0.2) is 0 Å². The molecular formula is C16H17ClN2O. The monoisotopic (exact) mass is 288 g/mol. The lowest BCUT2D eigenvalue weighted by atomic mass is 10.1. The normalized spacial score (nSPS) is 10.4. The molecule has 0 aliphatic carbocycles. The van der Waals surface area contributed by atoms with E-state index in [0.29, 0.717) is 10.6 Å². The molecule has 0 heterocycles. The number of nitrogens with one attached hydrogen (secondary N) is 2. The summed E-state index contributed by atoms with van der Waals surface area (Å²) in [7, 11) is 0. The van der Waals surface area contributed by atoms with Crippen LogP contribution in [0.1, 0.15) is 24.2 Å². The molecule has 20 heavy (non-hydrogen) atoms. The molecule has 4 heteroatoms. The number of carbonyl (C=O) groups is 1. The molecule has 0 atom stereocenters. The molecule has 2 N–H and O–H groups in total. The first-order valence-corrected chi connectivity index (χ1v) is 6.86. The maximum absolute atomic E-state index is 12.3. The predicted octanol–water partition coefficient (Wildman–Crippen LogP) is 4.41. The van der Waals surface area contributed by atoms with Gasteiger partial charge in [0.1, 0.15) is 0 Å². The highest BCUT2D eigenvalue weighted by molar-refractivity contribution is 6.30. The fraction of sp³-hybridized carbons (Fsp3) is 0.188. The van der Waals surface area contributed by atoms with Crippen LogP contribution in [0, 0.1) is 0 Å². The molecule has 2 rings (SSSR count). The van der Waals surface area contributed by atoms with E-state index in [9.17, 15) is 4.79 Å². The average Bonchev–Trinajstić information content (AvgIpc) is 2.41. The van der Waals surface area contributed by atoms with Crippen molar-refractivity contribution in [1.29, 1.82) is 0 Å². The molecular weight excluding hydrogens is 272 g/mol. The summed E-state index contributed by atoms with van der Waals surface area (Å²) in [5.74, 6) is -0.143. The van der Waals surface area contributed by atoms with Crippen molar-refractivity contribution in [2.75, 3.05) is 10.6 Å². The molecule has 0 unspecified atom stereocenters. The summed E-state index contributed by atoms with van der Waals surface area (Å²) in [5.41, 5.74) is 2.17. The minimum Gasteiger partial charge on any atom is -0.382 e. The first-order valence-electron chi connectivity index (χ1n) is 6.49. The summed E-state index contributed by atoms with van der Waals surface area (Å²) in [4.78, 5) is 12.3. The number of rotatable bonds is 4. The minimum absolute atomic E-state index is 0.143. The fourth-order valence-corrected chi connectivity index (χ4v) is 1.98. The summed E-state index contributed by atoms with van der Waals surface area (Å²) in [6.07, 6.45) is 0. The maximum Gasteiger partial charge on any atom is 0.257 e. The SMILES string of the molecule is CC(C)Nc1ccccc1C(=O)Nc1ccc(Cl)cc1. The van der Waals surface area contributed by atoms with E-state index < -0.39 is 0 Å². The van der Waals surface area contributed by atoms with Gasteiger partial charge < -0.3 is 10.6 Å². The molecule has 2 aromatic rings. The van der Waals surface area contributed by atoms with E-state index in [1.807, 2.05) is 32.0 Å². The summed E-state index contributed by atoms with van der Waals surface area (Å²) in [6.45, 7) is 4.07. The van der Waals surface area contributed by atoms with Crippen molar-refractivity contribution >= 4 is 28.9 Å². The third kappa shape index (κ3) is 3.75. The third-order valence-corrected chi connectivity index (χ3v) is 2.97. The van der Waals surface area contributed by atoms with Crippen LogP contribution in [-0.2, 0) is 0 Å². The zero-order valence-electron chi connectivity index (χ0n) is 11.5. The van der Waals surface area contributed by atoms with E-state index in [2.05, 4.69) is 10.6 Å². The number of amides is 1. The van der Waals surface area contributed by atoms with Gasteiger partial charge in [0.05, 0.1) is 5.56 Å². The Balaban J connectivity index is 2.18. The van der Waals surface area contributed by atoms with Crippen molar-refractivity contribution < 1.29 is 4.79 Å². The van der Waals surface area contributed by atoms with Crippen LogP contribution in [0.5, 0.6) is 0 Å². The number of halogens is 1. The van der Waals surface area contributed by atoms with Crippen LogP contribution < -0.4 is 10.6 Å². The molecule has 0 aliphatic rings. The molecule has 0 aliphatic heterocycles.